The van der Waals surface area contributed by atoms with E-state index in [4.69, 9.17) is 16.9 Å². The Bertz CT molecular complexity index is 747. The number of nitrogens with zero attached hydrogens (tertiary/aromatic N) is 4. The van der Waals surface area contributed by atoms with E-state index in [0.717, 1.165) is 5.69 Å². The Morgan fingerprint density at radius 2 is 2.11 bits per heavy atom. The maximum absolute atomic E-state index is 12.0. The Morgan fingerprint density at radius 1 is 1.32 bits per heavy atom. The summed E-state index contributed by atoms with van der Waals surface area (Å²) in [7, 11) is 0. The molecule has 0 N–H and O–H groups in total. The third-order valence-corrected chi connectivity index (χ3v) is 3.40. The molecule has 0 fully saturated rings. The van der Waals surface area contributed by atoms with Gasteiger partial charge < -0.3 is 4.90 Å². The van der Waals surface area contributed by atoms with Crippen molar-refractivity contribution in [2.75, 3.05) is 11.4 Å². The second-order valence-corrected chi connectivity index (χ2v) is 4.55. The fraction of sp³-hybridized carbons (Fsp3) is 0.154. The Balaban J connectivity index is 2.15. The Kier molecular flexibility index (Phi) is 2.73. The lowest BCUT2D eigenvalue weighted by Crippen LogP contribution is -2.22. The molecule has 3 rings (SSSR count). The van der Waals surface area contributed by atoms with Crippen molar-refractivity contribution in [2.24, 2.45) is 0 Å². The highest BCUT2D eigenvalue weighted by atomic mass is 35.5. The van der Waals surface area contributed by atoms with E-state index < -0.39 is 0 Å². The van der Waals surface area contributed by atoms with Crippen LogP contribution in [0.2, 0.25) is 5.02 Å². The first-order valence-corrected chi connectivity index (χ1v) is 6.12. The smallest absolute Gasteiger partial charge is 0.272 e. The van der Waals surface area contributed by atoms with E-state index in [2.05, 4.69) is 4.98 Å². The average Bonchev–Trinajstić information content (AvgIpc) is 2.84. The van der Waals surface area contributed by atoms with Gasteiger partial charge in [-0.3, -0.25) is 9.36 Å². The van der Waals surface area contributed by atoms with Crippen LogP contribution in [0.5, 0.6) is 0 Å². The Labute approximate surface area is 114 Å². The number of halogens is 1. The number of hydrogen-bond donors (Lipinski definition) is 0. The van der Waals surface area contributed by atoms with Crippen LogP contribution in [0.4, 0.5) is 11.6 Å². The van der Waals surface area contributed by atoms with Gasteiger partial charge in [0, 0.05) is 13.1 Å². The molecule has 1 aromatic heterocycles. The second-order valence-electron chi connectivity index (χ2n) is 4.14. The lowest BCUT2D eigenvalue weighted by Gasteiger charge is -2.18. The van der Waals surface area contributed by atoms with Crippen LogP contribution in [0.3, 0.4) is 0 Å². The second kappa shape index (κ2) is 4.41. The van der Waals surface area contributed by atoms with Crippen LogP contribution in [0, 0.1) is 11.3 Å². The summed E-state index contributed by atoms with van der Waals surface area (Å²) in [6.07, 6.45) is 1.31. The lowest BCUT2D eigenvalue weighted by molar-refractivity contribution is 0.755. The molecule has 0 amide bonds. The summed E-state index contributed by atoms with van der Waals surface area (Å²) in [5, 5.41) is 9.44. The van der Waals surface area contributed by atoms with Crippen molar-refractivity contribution in [1.82, 2.24) is 9.55 Å². The molecule has 6 heteroatoms. The number of hydrogen-bond acceptors (Lipinski definition) is 4. The summed E-state index contributed by atoms with van der Waals surface area (Å²) in [5.74, 6) is 0.525. The van der Waals surface area contributed by atoms with Crippen LogP contribution in [-0.4, -0.2) is 16.1 Å². The van der Waals surface area contributed by atoms with Gasteiger partial charge in [-0.15, -0.1) is 0 Å². The molecular weight excluding hydrogens is 264 g/mol. The predicted molar refractivity (Wildman–Crippen MR) is 71.7 cm³/mol. The maximum Gasteiger partial charge on any atom is 0.272 e. The van der Waals surface area contributed by atoms with Gasteiger partial charge in [0.15, 0.2) is 0 Å². The average molecular weight is 273 g/mol. The minimum Gasteiger partial charge on any atom is -0.309 e. The molecule has 0 spiro atoms. The third kappa shape index (κ3) is 1.77. The SMILES string of the molecule is N#Cc1cnc2n(c1=O)CCN2c1ccccc1Cl. The molecular formula is C13H9ClN4O. The largest absolute Gasteiger partial charge is 0.309 e. The van der Waals surface area contributed by atoms with Crippen molar-refractivity contribution in [3.63, 3.8) is 0 Å². The number of benzene rings is 1. The molecule has 0 aliphatic carbocycles. The molecule has 94 valence electrons. The van der Waals surface area contributed by atoms with Gasteiger partial charge >= 0.3 is 0 Å². The van der Waals surface area contributed by atoms with Crippen LogP contribution in [-0.2, 0) is 6.54 Å². The van der Waals surface area contributed by atoms with E-state index in [1.54, 1.807) is 6.07 Å². The minimum absolute atomic E-state index is 0.0600. The van der Waals surface area contributed by atoms with Gasteiger partial charge in [-0.1, -0.05) is 23.7 Å². The van der Waals surface area contributed by atoms with Crippen molar-refractivity contribution in [3.8, 4) is 6.07 Å². The van der Waals surface area contributed by atoms with Crippen molar-refractivity contribution >= 4 is 23.2 Å². The summed E-state index contributed by atoms with van der Waals surface area (Å²) in [5.41, 5.74) is 0.568. The van der Waals surface area contributed by atoms with E-state index in [9.17, 15) is 4.79 Å². The first-order chi connectivity index (χ1) is 9.22. The van der Waals surface area contributed by atoms with Crippen LogP contribution >= 0.6 is 11.6 Å². The van der Waals surface area contributed by atoms with Crippen molar-refractivity contribution in [2.45, 2.75) is 6.54 Å². The first-order valence-electron chi connectivity index (χ1n) is 5.74. The van der Waals surface area contributed by atoms with E-state index in [-0.39, 0.29) is 11.1 Å². The molecule has 2 heterocycles. The van der Waals surface area contributed by atoms with Gasteiger partial charge in [-0.25, -0.2) is 4.98 Å². The van der Waals surface area contributed by atoms with Gasteiger partial charge in [-0.05, 0) is 12.1 Å². The number of fused-ring (bicyclic) bond motifs is 1. The summed E-state index contributed by atoms with van der Waals surface area (Å²) < 4.78 is 1.50. The topological polar surface area (TPSA) is 61.9 Å². The van der Waals surface area contributed by atoms with Gasteiger partial charge in [0.05, 0.1) is 16.9 Å². The molecule has 0 bridgehead atoms. The van der Waals surface area contributed by atoms with Crippen LogP contribution in [0.1, 0.15) is 5.56 Å². The lowest BCUT2D eigenvalue weighted by atomic mass is 10.3. The number of nitriles is 1. The van der Waals surface area contributed by atoms with Crippen molar-refractivity contribution in [3.05, 3.63) is 51.4 Å². The normalized spacial score (nSPS) is 13.2. The molecule has 0 saturated carbocycles. The van der Waals surface area contributed by atoms with E-state index in [1.165, 1.54) is 10.8 Å². The molecule has 2 aromatic rings. The summed E-state index contributed by atoms with van der Waals surface area (Å²) in [6, 6.07) is 9.25. The summed E-state index contributed by atoms with van der Waals surface area (Å²) in [4.78, 5) is 18.1. The van der Waals surface area contributed by atoms with E-state index in [1.807, 2.05) is 29.2 Å². The van der Waals surface area contributed by atoms with E-state index in [0.29, 0.717) is 24.1 Å². The van der Waals surface area contributed by atoms with Crippen LogP contribution in [0.15, 0.2) is 35.3 Å². The molecule has 0 atom stereocenters. The zero-order valence-corrected chi connectivity index (χ0v) is 10.6. The molecule has 5 nitrogen and oxygen atoms in total. The molecule has 1 aliphatic rings. The highest BCUT2D eigenvalue weighted by Gasteiger charge is 2.25. The van der Waals surface area contributed by atoms with Crippen LogP contribution in [0.25, 0.3) is 0 Å². The molecule has 0 unspecified atom stereocenters. The first kappa shape index (κ1) is 11.8. The van der Waals surface area contributed by atoms with Crippen molar-refractivity contribution in [1.29, 1.82) is 5.26 Å². The Morgan fingerprint density at radius 3 is 2.84 bits per heavy atom. The minimum atomic E-state index is -0.304. The predicted octanol–water partition coefficient (Wildman–Crippen LogP) is 1.92. The highest BCUT2D eigenvalue weighted by Crippen LogP contribution is 2.32. The fourth-order valence-electron chi connectivity index (χ4n) is 2.18. The van der Waals surface area contributed by atoms with Gasteiger partial charge in [0.1, 0.15) is 11.6 Å². The number of aromatic nitrogens is 2. The number of anilines is 2. The molecule has 0 radical (unpaired) electrons. The van der Waals surface area contributed by atoms with E-state index >= 15 is 0 Å². The maximum atomic E-state index is 12.0. The fourth-order valence-corrected chi connectivity index (χ4v) is 2.41. The van der Waals surface area contributed by atoms with Gasteiger partial charge in [0.2, 0.25) is 5.95 Å². The Hall–Kier alpha value is -2.32. The molecule has 1 aromatic carbocycles. The highest BCUT2D eigenvalue weighted by molar-refractivity contribution is 6.33. The van der Waals surface area contributed by atoms with Gasteiger partial charge in [-0.2, -0.15) is 5.26 Å². The molecule has 1 aliphatic heterocycles. The monoisotopic (exact) mass is 272 g/mol. The van der Waals surface area contributed by atoms with Crippen molar-refractivity contribution < 1.29 is 0 Å². The zero-order valence-electron chi connectivity index (χ0n) is 9.88. The third-order valence-electron chi connectivity index (χ3n) is 3.08. The zero-order chi connectivity index (χ0) is 13.4. The molecule has 0 saturated heterocycles. The molecule has 19 heavy (non-hydrogen) atoms. The number of para-hydroxylation sites is 1. The van der Waals surface area contributed by atoms with Crippen LogP contribution < -0.4 is 10.5 Å². The van der Waals surface area contributed by atoms with Gasteiger partial charge in [0.25, 0.3) is 5.56 Å². The standard InChI is InChI=1S/C13H9ClN4O/c14-10-3-1-2-4-11(10)17-5-6-18-12(19)9(7-15)8-16-13(17)18/h1-4,8H,5-6H2. The summed E-state index contributed by atoms with van der Waals surface area (Å²) in [6.45, 7) is 1.11. The summed E-state index contributed by atoms with van der Waals surface area (Å²) >= 11 is 6.16. The quantitative estimate of drug-likeness (QED) is 0.796. The number of rotatable bonds is 1.